The van der Waals surface area contributed by atoms with E-state index in [4.69, 9.17) is 0 Å². The van der Waals surface area contributed by atoms with Crippen molar-refractivity contribution in [2.24, 2.45) is 0 Å². The fraction of sp³-hybridized carbons (Fsp3) is 0.500. The number of nitrogens with zero attached hydrogens (tertiary/aromatic N) is 1. The number of fused-ring (bicyclic) bond motifs is 5. The molecule has 2 atom stereocenters. The van der Waals surface area contributed by atoms with E-state index in [0.29, 0.717) is 10.8 Å². The molecule has 2 bridgehead atoms. The van der Waals surface area contributed by atoms with Crippen molar-refractivity contribution in [1.29, 1.82) is 0 Å². The Hall–Kier alpha value is -2.41. The van der Waals surface area contributed by atoms with Crippen molar-refractivity contribution in [3.63, 3.8) is 0 Å². The maximum absolute atomic E-state index is 2.70. The van der Waals surface area contributed by atoms with Crippen molar-refractivity contribution < 1.29 is 4.57 Å². The quantitative estimate of drug-likeness (QED) is 0.342. The predicted molar refractivity (Wildman–Crippen MR) is 147 cm³/mol. The molecule has 1 aliphatic heterocycles. The predicted octanol–water partition coefficient (Wildman–Crippen LogP) is 8.53. The molecule has 0 spiro atoms. The number of aromatic nitrogens is 1. The van der Waals surface area contributed by atoms with Crippen LogP contribution in [0.3, 0.4) is 0 Å². The topological polar surface area (TPSA) is 3.88 Å². The third-order valence-electron chi connectivity index (χ3n) is 11.3. The lowest BCUT2D eigenvalue weighted by molar-refractivity contribution is -0.764. The van der Waals surface area contributed by atoms with E-state index in [-0.39, 0.29) is 11.0 Å². The third-order valence-corrected chi connectivity index (χ3v) is 11.3. The molecule has 1 aromatic heterocycles. The van der Waals surface area contributed by atoms with Crippen LogP contribution in [0, 0.1) is 6.92 Å². The summed E-state index contributed by atoms with van der Waals surface area (Å²) in [7, 11) is 0. The summed E-state index contributed by atoms with van der Waals surface area (Å²) in [6.07, 6.45) is 10.1. The lowest BCUT2D eigenvalue weighted by Crippen LogP contribution is -2.67. The summed E-state index contributed by atoms with van der Waals surface area (Å²) >= 11 is 0. The number of hydrogen-bond donors (Lipinski definition) is 0. The van der Waals surface area contributed by atoms with Gasteiger partial charge in [0.15, 0.2) is 11.7 Å². The van der Waals surface area contributed by atoms with Gasteiger partial charge in [-0.15, -0.1) is 0 Å². The van der Waals surface area contributed by atoms with Gasteiger partial charge in [0, 0.05) is 25.0 Å². The number of rotatable bonds is 3. The first-order valence-electron chi connectivity index (χ1n) is 13.9. The minimum absolute atomic E-state index is 0.00797. The maximum atomic E-state index is 2.70. The van der Waals surface area contributed by atoms with Crippen molar-refractivity contribution >= 4 is 0 Å². The molecule has 3 aromatic rings. The van der Waals surface area contributed by atoms with E-state index in [1.807, 2.05) is 0 Å². The Labute approximate surface area is 212 Å². The SMILES string of the molecule is CCC1(C)c2cc3c(cc2-c2cc(C)c(-c4ccccc4)c[n+]2C1(C)CC)C1(C)CCC3(C)CC1. The minimum atomic E-state index is 0.00797. The molecular formula is C34H42N+. The van der Waals surface area contributed by atoms with Crippen LogP contribution >= 0.6 is 0 Å². The average molecular weight is 465 g/mol. The molecule has 182 valence electrons. The van der Waals surface area contributed by atoms with Gasteiger partial charge in [0.1, 0.15) is 0 Å². The number of pyridine rings is 1. The van der Waals surface area contributed by atoms with Gasteiger partial charge in [-0.2, -0.15) is 4.57 Å². The van der Waals surface area contributed by atoms with Crippen LogP contribution in [-0.4, -0.2) is 0 Å². The van der Waals surface area contributed by atoms with E-state index in [9.17, 15) is 0 Å². The van der Waals surface area contributed by atoms with Crippen LogP contribution in [-0.2, 0) is 21.8 Å². The molecule has 0 N–H and O–H groups in total. The summed E-state index contributed by atoms with van der Waals surface area (Å²) in [6.45, 7) is 17.2. The van der Waals surface area contributed by atoms with Crippen LogP contribution in [0.1, 0.15) is 102 Å². The summed E-state index contributed by atoms with van der Waals surface area (Å²) in [6, 6.07) is 18.8. The molecule has 1 heteroatoms. The van der Waals surface area contributed by atoms with Gasteiger partial charge < -0.3 is 0 Å². The molecule has 1 nitrogen and oxygen atoms in total. The lowest BCUT2D eigenvalue weighted by atomic mass is 9.51. The molecule has 1 saturated carbocycles. The average Bonchev–Trinajstić information content (AvgIpc) is 2.88. The second-order valence-corrected chi connectivity index (χ2v) is 12.9. The second kappa shape index (κ2) is 7.31. The van der Waals surface area contributed by atoms with Crippen LogP contribution in [0.4, 0.5) is 0 Å². The van der Waals surface area contributed by atoms with E-state index in [1.54, 1.807) is 16.7 Å². The molecule has 0 amide bonds. The Morgan fingerprint density at radius 1 is 0.714 bits per heavy atom. The highest BCUT2D eigenvalue weighted by Crippen LogP contribution is 2.59. The Kier molecular flexibility index (Phi) is 4.81. The van der Waals surface area contributed by atoms with Gasteiger partial charge in [0.05, 0.1) is 11.0 Å². The zero-order chi connectivity index (χ0) is 24.8. The van der Waals surface area contributed by atoms with Gasteiger partial charge in [-0.25, -0.2) is 0 Å². The Morgan fingerprint density at radius 2 is 1.31 bits per heavy atom. The van der Waals surface area contributed by atoms with Crippen LogP contribution in [0.5, 0.6) is 0 Å². The molecule has 1 fully saturated rings. The molecule has 35 heavy (non-hydrogen) atoms. The lowest BCUT2D eigenvalue weighted by Gasteiger charge is -2.54. The van der Waals surface area contributed by atoms with Gasteiger partial charge in [0.2, 0.25) is 5.69 Å². The van der Waals surface area contributed by atoms with Crippen LogP contribution in [0.2, 0.25) is 0 Å². The Morgan fingerprint density at radius 3 is 1.89 bits per heavy atom. The summed E-state index contributed by atoms with van der Waals surface area (Å²) in [5, 5.41) is 0. The highest BCUT2D eigenvalue weighted by Gasteiger charge is 2.58. The van der Waals surface area contributed by atoms with E-state index >= 15 is 0 Å². The van der Waals surface area contributed by atoms with Crippen molar-refractivity contribution in [1.82, 2.24) is 0 Å². The van der Waals surface area contributed by atoms with E-state index < -0.39 is 0 Å². The monoisotopic (exact) mass is 464 g/mol. The molecule has 2 heterocycles. The van der Waals surface area contributed by atoms with Crippen molar-refractivity contribution in [2.45, 2.75) is 109 Å². The largest absolute Gasteiger partial charge is 0.213 e. The molecule has 0 saturated heterocycles. The van der Waals surface area contributed by atoms with E-state index in [2.05, 4.69) is 108 Å². The van der Waals surface area contributed by atoms with Gasteiger partial charge in [-0.3, -0.25) is 0 Å². The Bertz CT molecular complexity index is 1320. The maximum Gasteiger partial charge on any atom is 0.213 e. The molecule has 2 aromatic carbocycles. The summed E-state index contributed by atoms with van der Waals surface area (Å²) in [5.74, 6) is 0. The molecule has 0 radical (unpaired) electrons. The zero-order valence-corrected chi connectivity index (χ0v) is 22.9. The summed E-state index contributed by atoms with van der Waals surface area (Å²) in [5.41, 5.74) is 12.6. The van der Waals surface area contributed by atoms with Crippen molar-refractivity contribution in [3.05, 3.63) is 77.0 Å². The second-order valence-electron chi connectivity index (χ2n) is 12.9. The summed E-state index contributed by atoms with van der Waals surface area (Å²) in [4.78, 5) is 0. The first-order valence-corrected chi connectivity index (χ1v) is 13.9. The number of aryl methyl sites for hydroxylation is 1. The first-order chi connectivity index (χ1) is 16.6. The standard InChI is InChI=1S/C34H42N/c1-8-33(6)27-21-29-28(31(4)15-17-32(29,5)18-16-31)20-25(27)30-19-23(3)26(24-13-11-10-12-14-24)22-35(30)34(33,7)9-2/h10-14,19-22H,8-9,15-18H2,1-7H3/q+1. The molecule has 3 aliphatic carbocycles. The van der Waals surface area contributed by atoms with Crippen molar-refractivity contribution in [2.75, 3.05) is 0 Å². The van der Waals surface area contributed by atoms with Gasteiger partial charge in [-0.1, -0.05) is 64.1 Å². The van der Waals surface area contributed by atoms with E-state index in [0.717, 1.165) is 12.8 Å². The van der Waals surface area contributed by atoms with E-state index in [1.165, 1.54) is 53.6 Å². The number of hydrogen-bond acceptors (Lipinski definition) is 0. The molecule has 2 unspecified atom stereocenters. The zero-order valence-electron chi connectivity index (χ0n) is 22.9. The van der Waals surface area contributed by atoms with Crippen LogP contribution in [0.15, 0.2) is 54.7 Å². The number of benzene rings is 2. The first kappa shape index (κ1) is 23.0. The molecule has 4 aliphatic rings. The van der Waals surface area contributed by atoms with Gasteiger partial charge in [0.25, 0.3) is 0 Å². The summed E-state index contributed by atoms with van der Waals surface area (Å²) < 4.78 is 2.67. The normalized spacial score (nSPS) is 32.7. The van der Waals surface area contributed by atoms with Gasteiger partial charge in [-0.05, 0) is 90.7 Å². The highest BCUT2D eigenvalue weighted by molar-refractivity contribution is 5.73. The van der Waals surface area contributed by atoms with Crippen LogP contribution < -0.4 is 4.57 Å². The highest BCUT2D eigenvalue weighted by atomic mass is 15.1. The Balaban J connectivity index is 1.70. The smallest absolute Gasteiger partial charge is 0.192 e. The third kappa shape index (κ3) is 2.85. The molecular weight excluding hydrogens is 422 g/mol. The fourth-order valence-electron chi connectivity index (χ4n) is 8.04. The fourth-order valence-corrected chi connectivity index (χ4v) is 8.04. The van der Waals surface area contributed by atoms with Crippen molar-refractivity contribution in [3.8, 4) is 22.4 Å². The molecule has 7 rings (SSSR count). The minimum Gasteiger partial charge on any atom is -0.192 e. The van der Waals surface area contributed by atoms with Crippen LogP contribution in [0.25, 0.3) is 22.4 Å². The van der Waals surface area contributed by atoms with Gasteiger partial charge >= 0.3 is 0 Å².